The Kier molecular flexibility index (Phi) is 7.19. The lowest BCUT2D eigenvalue weighted by molar-refractivity contribution is -0.384. The van der Waals surface area contributed by atoms with Crippen molar-refractivity contribution >= 4 is 21.8 Å². The van der Waals surface area contributed by atoms with Gasteiger partial charge in [0.1, 0.15) is 0 Å². The van der Waals surface area contributed by atoms with Crippen LogP contribution in [-0.4, -0.2) is 43.6 Å². The molecule has 0 atom stereocenters. The number of nitrogens with one attached hydrogen (secondary N) is 1. The zero-order valence-corrected chi connectivity index (χ0v) is 15.3. The van der Waals surface area contributed by atoms with Gasteiger partial charge in [-0.25, -0.2) is 4.79 Å². The molecule has 0 aromatic heterocycles. The molecule has 0 heterocycles. The second kappa shape index (κ2) is 9.37. The second-order valence-corrected chi connectivity index (χ2v) is 7.63. The molecule has 0 bridgehead atoms. The van der Waals surface area contributed by atoms with Crippen molar-refractivity contribution in [3.8, 4) is 0 Å². The van der Waals surface area contributed by atoms with Crippen LogP contribution in [0.3, 0.4) is 0 Å². The molecule has 0 saturated heterocycles. The fourth-order valence-corrected chi connectivity index (χ4v) is 3.61. The van der Waals surface area contributed by atoms with Crippen LogP contribution < -0.4 is 5.32 Å². The predicted octanol–water partition coefficient (Wildman–Crippen LogP) is 2.33. The molecular weight excluding hydrogens is 380 g/mol. The van der Waals surface area contributed by atoms with Gasteiger partial charge in [-0.3, -0.25) is 14.3 Å². The van der Waals surface area contributed by atoms with Gasteiger partial charge in [0.05, 0.1) is 28.3 Å². The van der Waals surface area contributed by atoms with Crippen LogP contribution in [0.1, 0.15) is 32.1 Å². The molecule has 11 nitrogen and oxygen atoms in total. The number of benzene rings is 1. The molecule has 1 saturated carbocycles. The Morgan fingerprint density at radius 3 is 2.44 bits per heavy atom. The third kappa shape index (κ3) is 5.96. The largest absolute Gasteiger partial charge is 0.340 e. The molecule has 148 valence electrons. The molecule has 1 aromatic carbocycles. The molecule has 1 fully saturated rings. The van der Waals surface area contributed by atoms with Gasteiger partial charge in [-0.2, -0.15) is 13.4 Å². The summed E-state index contributed by atoms with van der Waals surface area (Å²) in [6.45, 7) is -0.836. The number of amides is 2. The van der Waals surface area contributed by atoms with E-state index in [9.17, 15) is 28.2 Å². The first kappa shape index (κ1) is 20.7. The minimum atomic E-state index is -4.18. The van der Waals surface area contributed by atoms with Crippen molar-refractivity contribution in [2.24, 2.45) is 5.29 Å². The van der Waals surface area contributed by atoms with Gasteiger partial charge in [0, 0.05) is 18.2 Å². The SMILES string of the molecule is O=NN(CCOS(=O)(=O)c1ccc([N+](=O)[O-])cc1)C(=O)NC1CCCCC1. The Morgan fingerprint density at radius 1 is 1.26 bits per heavy atom. The smallest absolute Gasteiger partial charge is 0.334 e. The van der Waals surface area contributed by atoms with Crippen molar-refractivity contribution in [3.63, 3.8) is 0 Å². The highest BCUT2D eigenvalue weighted by Crippen LogP contribution is 2.19. The molecule has 1 aliphatic rings. The summed E-state index contributed by atoms with van der Waals surface area (Å²) >= 11 is 0. The first-order chi connectivity index (χ1) is 12.8. The molecule has 0 unspecified atom stereocenters. The molecule has 0 aliphatic heterocycles. The second-order valence-electron chi connectivity index (χ2n) is 6.02. The maximum absolute atomic E-state index is 12.0. The van der Waals surface area contributed by atoms with Crippen LogP contribution in [-0.2, 0) is 14.3 Å². The molecule has 1 N–H and O–H groups in total. The number of nitro groups is 1. The van der Waals surface area contributed by atoms with Crippen LogP contribution in [0.25, 0.3) is 0 Å². The van der Waals surface area contributed by atoms with E-state index in [1.807, 2.05) is 0 Å². The molecule has 27 heavy (non-hydrogen) atoms. The summed E-state index contributed by atoms with van der Waals surface area (Å²) in [4.78, 5) is 32.5. The molecular formula is C15H20N4O7S. The molecule has 1 aromatic rings. The normalized spacial score (nSPS) is 15.1. The van der Waals surface area contributed by atoms with E-state index in [1.165, 1.54) is 0 Å². The quantitative estimate of drug-likeness (QED) is 0.304. The van der Waals surface area contributed by atoms with Gasteiger partial charge >= 0.3 is 6.03 Å². The van der Waals surface area contributed by atoms with Gasteiger partial charge < -0.3 is 5.32 Å². The van der Waals surface area contributed by atoms with Crippen molar-refractivity contribution in [1.29, 1.82) is 0 Å². The third-order valence-electron chi connectivity index (χ3n) is 4.14. The number of urea groups is 1. The fraction of sp³-hybridized carbons (Fsp3) is 0.533. The van der Waals surface area contributed by atoms with Crippen molar-refractivity contribution in [1.82, 2.24) is 10.3 Å². The average molecular weight is 400 g/mol. The first-order valence-corrected chi connectivity index (χ1v) is 9.79. The van der Waals surface area contributed by atoms with Crippen LogP contribution in [0.4, 0.5) is 10.5 Å². The Hall–Kier alpha value is -2.60. The van der Waals surface area contributed by atoms with E-state index in [0.717, 1.165) is 56.4 Å². The van der Waals surface area contributed by atoms with Crippen LogP contribution >= 0.6 is 0 Å². The number of nitroso groups, excluding NO2 is 1. The van der Waals surface area contributed by atoms with Crippen LogP contribution in [0.15, 0.2) is 34.4 Å². The lowest BCUT2D eigenvalue weighted by Crippen LogP contribution is -2.44. The van der Waals surface area contributed by atoms with Crippen molar-refractivity contribution in [2.45, 2.75) is 43.0 Å². The number of rotatable bonds is 8. The summed E-state index contributed by atoms with van der Waals surface area (Å²) < 4.78 is 28.9. The van der Waals surface area contributed by atoms with Crippen LogP contribution in [0.5, 0.6) is 0 Å². The van der Waals surface area contributed by atoms with E-state index >= 15 is 0 Å². The highest BCUT2D eigenvalue weighted by molar-refractivity contribution is 7.86. The minimum Gasteiger partial charge on any atom is -0.334 e. The monoisotopic (exact) mass is 400 g/mol. The summed E-state index contributed by atoms with van der Waals surface area (Å²) in [5.41, 5.74) is -0.260. The lowest BCUT2D eigenvalue weighted by Gasteiger charge is -2.24. The van der Waals surface area contributed by atoms with Gasteiger partial charge in [-0.05, 0) is 25.0 Å². The topological polar surface area (TPSA) is 148 Å². The molecule has 2 rings (SSSR count). The van der Waals surface area contributed by atoms with Crippen molar-refractivity contribution in [3.05, 3.63) is 39.3 Å². The molecule has 12 heteroatoms. The Labute approximate surface area is 155 Å². The summed E-state index contributed by atoms with van der Waals surface area (Å²) in [5, 5.41) is 16.4. The zero-order chi connectivity index (χ0) is 19.9. The molecule has 1 aliphatic carbocycles. The predicted molar refractivity (Wildman–Crippen MR) is 94.1 cm³/mol. The van der Waals surface area contributed by atoms with Gasteiger partial charge in [-0.15, -0.1) is 4.91 Å². The Balaban J connectivity index is 1.87. The van der Waals surface area contributed by atoms with E-state index < -0.39 is 27.7 Å². The van der Waals surface area contributed by atoms with E-state index in [1.54, 1.807) is 0 Å². The van der Waals surface area contributed by atoms with E-state index in [2.05, 4.69) is 10.6 Å². The standard InChI is InChI=1S/C15H20N4O7S/c20-15(16-12-4-2-1-3-5-12)18(17-21)10-11-26-27(24,25)14-8-6-13(7-9-14)19(22)23/h6-9,12H,1-5,10-11H2,(H,16,20). The zero-order valence-electron chi connectivity index (χ0n) is 14.4. The highest BCUT2D eigenvalue weighted by atomic mass is 32.2. The Morgan fingerprint density at radius 2 is 1.89 bits per heavy atom. The van der Waals surface area contributed by atoms with Crippen LogP contribution in [0, 0.1) is 15.0 Å². The maximum Gasteiger partial charge on any atom is 0.340 e. The third-order valence-corrected chi connectivity index (χ3v) is 5.47. The highest BCUT2D eigenvalue weighted by Gasteiger charge is 2.22. The van der Waals surface area contributed by atoms with Gasteiger partial charge in [0.15, 0.2) is 0 Å². The lowest BCUT2D eigenvalue weighted by atomic mass is 9.96. The summed E-state index contributed by atoms with van der Waals surface area (Å²) in [6, 6.07) is 3.42. The summed E-state index contributed by atoms with van der Waals surface area (Å²) in [6.07, 6.45) is 4.75. The van der Waals surface area contributed by atoms with Gasteiger partial charge in [0.25, 0.3) is 15.8 Å². The maximum atomic E-state index is 12.0. The first-order valence-electron chi connectivity index (χ1n) is 8.38. The number of nitro benzene ring substituents is 1. The van der Waals surface area contributed by atoms with E-state index in [4.69, 9.17) is 4.18 Å². The minimum absolute atomic E-state index is 0.0275. The number of carbonyl (C=O) groups excluding carboxylic acids is 1. The number of hydrogen-bond donors (Lipinski definition) is 1. The Bertz CT molecular complexity index is 776. The van der Waals surface area contributed by atoms with Crippen molar-refractivity contribution < 1.29 is 22.3 Å². The van der Waals surface area contributed by atoms with Crippen LogP contribution in [0.2, 0.25) is 0 Å². The molecule has 2 amide bonds. The van der Waals surface area contributed by atoms with Gasteiger partial charge in [-0.1, -0.05) is 19.3 Å². The molecule has 0 spiro atoms. The fourth-order valence-electron chi connectivity index (χ4n) is 2.71. The van der Waals surface area contributed by atoms with Gasteiger partial charge in [0.2, 0.25) is 0 Å². The summed E-state index contributed by atoms with van der Waals surface area (Å²) in [5.74, 6) is 0. The van der Waals surface area contributed by atoms with Crippen molar-refractivity contribution in [2.75, 3.05) is 13.2 Å². The number of carbonyl (C=O) groups is 1. The number of hydrogen-bond acceptors (Lipinski definition) is 8. The average Bonchev–Trinajstić information content (AvgIpc) is 2.66. The van der Waals surface area contributed by atoms with E-state index in [-0.39, 0.29) is 23.2 Å². The summed E-state index contributed by atoms with van der Waals surface area (Å²) in [7, 11) is -4.18. The number of nitrogens with zero attached hydrogens (tertiary/aromatic N) is 3. The molecule has 0 radical (unpaired) electrons. The van der Waals surface area contributed by atoms with E-state index in [0.29, 0.717) is 5.01 Å². The number of non-ortho nitro benzene ring substituents is 1.